The van der Waals surface area contributed by atoms with E-state index in [2.05, 4.69) is 15.3 Å². The molecule has 37 heavy (non-hydrogen) atoms. The fraction of sp³-hybridized carbons (Fsp3) is 0.545. The third kappa shape index (κ3) is 7.08. The third-order valence-electron chi connectivity index (χ3n) is 5.38. The minimum absolute atomic E-state index is 0.0396. The molecule has 1 amide bonds. The molecule has 0 bridgehead atoms. The number of nitrogens with one attached hydrogen (secondary N) is 1. The molecule has 0 aliphatic carbocycles. The largest absolute Gasteiger partial charge is 0.443 e. The number of carbonyl (C=O) groups is 1. The van der Waals surface area contributed by atoms with E-state index >= 15 is 0 Å². The van der Waals surface area contributed by atoms with Gasteiger partial charge in [-0.15, -0.1) is 0 Å². The molecule has 3 heterocycles. The number of nitrogens with zero attached hydrogens (tertiary/aromatic N) is 5. The summed E-state index contributed by atoms with van der Waals surface area (Å²) in [7, 11) is -2.05. The average molecular weight is 561 g/mol. The number of nitriles is 1. The van der Waals surface area contributed by atoms with Gasteiger partial charge < -0.3 is 10.1 Å². The van der Waals surface area contributed by atoms with Gasteiger partial charge in [-0.05, 0) is 39.7 Å². The lowest BCUT2D eigenvalue weighted by Gasteiger charge is -2.31. The van der Waals surface area contributed by atoms with Crippen LogP contribution >= 0.6 is 11.3 Å². The highest BCUT2D eigenvalue weighted by Crippen LogP contribution is 2.44. The average Bonchev–Trinajstić information content (AvgIpc) is 3.23. The molecule has 2 aromatic heterocycles. The Morgan fingerprint density at radius 2 is 1.92 bits per heavy atom. The van der Waals surface area contributed by atoms with Gasteiger partial charge in [0.05, 0.1) is 16.7 Å². The molecule has 0 radical (unpaired) electrons. The number of amides is 1. The smallest absolute Gasteiger partial charge is 0.434 e. The zero-order chi connectivity index (χ0) is 27.8. The number of piperidine rings is 1. The summed E-state index contributed by atoms with van der Waals surface area (Å²) in [6.45, 7) is 5.48. The van der Waals surface area contributed by atoms with Crippen LogP contribution in [0.3, 0.4) is 0 Å². The van der Waals surface area contributed by atoms with Crippen molar-refractivity contribution in [1.29, 1.82) is 5.26 Å². The zero-order valence-corrected chi connectivity index (χ0v) is 22.5. The Labute approximate surface area is 217 Å². The highest BCUT2D eigenvalue weighted by molar-refractivity contribution is 7.88. The van der Waals surface area contributed by atoms with E-state index in [4.69, 9.17) is 4.74 Å². The Bertz CT molecular complexity index is 1310. The number of anilines is 2. The summed E-state index contributed by atoms with van der Waals surface area (Å²) in [4.78, 5) is 20.8. The minimum Gasteiger partial charge on any atom is -0.443 e. The number of sulfonamides is 1. The Kier molecular flexibility index (Phi) is 8.06. The van der Waals surface area contributed by atoms with E-state index < -0.39 is 33.6 Å². The second kappa shape index (κ2) is 10.4. The fourth-order valence-corrected chi connectivity index (χ4v) is 5.53. The number of halogens is 3. The van der Waals surface area contributed by atoms with E-state index in [1.54, 1.807) is 20.8 Å². The van der Waals surface area contributed by atoms with E-state index in [-0.39, 0.29) is 33.0 Å². The minimum atomic E-state index is -4.86. The van der Waals surface area contributed by atoms with Crippen LogP contribution in [-0.4, -0.2) is 66.8 Å². The molecule has 0 unspecified atom stereocenters. The maximum absolute atomic E-state index is 14.0. The predicted octanol–water partition coefficient (Wildman–Crippen LogP) is 4.30. The summed E-state index contributed by atoms with van der Waals surface area (Å²) in [5.41, 5.74) is -2.24. The van der Waals surface area contributed by atoms with Gasteiger partial charge in [-0.25, -0.2) is 27.5 Å². The van der Waals surface area contributed by atoms with Crippen molar-refractivity contribution in [3.63, 3.8) is 0 Å². The van der Waals surface area contributed by atoms with Crippen molar-refractivity contribution in [3.05, 3.63) is 23.5 Å². The van der Waals surface area contributed by atoms with Crippen LogP contribution in [0.4, 0.5) is 28.9 Å². The lowest BCUT2D eigenvalue weighted by Crippen LogP contribution is -2.41. The van der Waals surface area contributed by atoms with Gasteiger partial charge in [0.2, 0.25) is 10.0 Å². The Hall–Kier alpha value is -2.96. The molecule has 0 atom stereocenters. The molecule has 1 saturated heterocycles. The summed E-state index contributed by atoms with van der Waals surface area (Å²) in [6, 6.07) is 3.03. The monoisotopic (exact) mass is 560 g/mol. The molecule has 0 aromatic carbocycles. The summed E-state index contributed by atoms with van der Waals surface area (Å²) in [6.07, 6.45) is -2.48. The van der Waals surface area contributed by atoms with E-state index in [1.165, 1.54) is 23.6 Å². The van der Waals surface area contributed by atoms with Gasteiger partial charge in [-0.1, -0.05) is 11.3 Å². The Balaban J connectivity index is 1.95. The van der Waals surface area contributed by atoms with Crippen molar-refractivity contribution in [3.8, 4) is 16.5 Å². The quantitative estimate of drug-likeness (QED) is 0.573. The second-order valence-corrected chi connectivity index (χ2v) is 12.5. The van der Waals surface area contributed by atoms with E-state index in [0.717, 1.165) is 11.2 Å². The molecule has 0 saturated carbocycles. The van der Waals surface area contributed by atoms with Crippen LogP contribution in [-0.2, 0) is 20.9 Å². The number of pyridine rings is 1. The number of hydrogen-bond acceptors (Lipinski definition) is 9. The SMILES string of the molecule is CN(C(=O)OC(C)(C)C)c1nc(C(F)(F)F)c(-c2cc(NC3CCN(S(C)(=O)=O)CC3)ncc2C#N)s1. The third-order valence-corrected chi connectivity index (χ3v) is 7.85. The van der Waals surface area contributed by atoms with Crippen molar-refractivity contribution < 1.29 is 31.1 Å². The Morgan fingerprint density at radius 1 is 1.30 bits per heavy atom. The maximum Gasteiger partial charge on any atom is 0.434 e. The number of rotatable bonds is 5. The molecule has 1 aliphatic rings. The molecule has 2 aromatic rings. The first-order valence-corrected chi connectivity index (χ1v) is 13.8. The van der Waals surface area contributed by atoms with Gasteiger partial charge in [-0.2, -0.15) is 18.4 Å². The van der Waals surface area contributed by atoms with E-state index in [9.17, 15) is 31.6 Å². The van der Waals surface area contributed by atoms with Gasteiger partial charge in [-0.3, -0.25) is 4.90 Å². The second-order valence-electron chi connectivity index (χ2n) is 9.52. The summed E-state index contributed by atoms with van der Waals surface area (Å²) < 4.78 is 71.9. The normalized spacial score (nSPS) is 15.8. The topological polar surface area (TPSA) is 129 Å². The van der Waals surface area contributed by atoms with E-state index in [0.29, 0.717) is 37.3 Å². The van der Waals surface area contributed by atoms with Gasteiger partial charge in [0.25, 0.3) is 0 Å². The lowest BCUT2D eigenvalue weighted by molar-refractivity contribution is -0.140. The molecule has 3 rings (SSSR count). The van der Waals surface area contributed by atoms with Crippen molar-refractivity contribution in [1.82, 2.24) is 14.3 Å². The van der Waals surface area contributed by atoms with Crippen molar-refractivity contribution >= 4 is 38.4 Å². The first-order valence-electron chi connectivity index (χ1n) is 11.2. The highest BCUT2D eigenvalue weighted by atomic mass is 32.2. The molecule has 1 fully saturated rings. The van der Waals surface area contributed by atoms with Crippen LogP contribution in [0.1, 0.15) is 44.9 Å². The van der Waals surface area contributed by atoms with Crippen molar-refractivity contribution in [2.75, 3.05) is 36.6 Å². The molecule has 1 N–H and O–H groups in total. The van der Waals surface area contributed by atoms with Gasteiger partial charge in [0.15, 0.2) is 10.8 Å². The molecule has 202 valence electrons. The van der Waals surface area contributed by atoms with Crippen LogP contribution in [0, 0.1) is 11.3 Å². The molecule has 0 spiro atoms. The van der Waals surface area contributed by atoms with Crippen molar-refractivity contribution in [2.24, 2.45) is 0 Å². The molecule has 1 aliphatic heterocycles. The molecule has 15 heteroatoms. The Morgan fingerprint density at radius 3 is 2.43 bits per heavy atom. The number of alkyl halides is 3. The fourth-order valence-electron chi connectivity index (χ4n) is 3.59. The van der Waals surface area contributed by atoms with Gasteiger partial charge >= 0.3 is 12.3 Å². The summed E-state index contributed by atoms with van der Waals surface area (Å²) in [5.74, 6) is 0.232. The predicted molar refractivity (Wildman–Crippen MR) is 133 cm³/mol. The van der Waals surface area contributed by atoms with Gasteiger partial charge in [0.1, 0.15) is 17.5 Å². The number of hydrogen-bond donors (Lipinski definition) is 1. The van der Waals surface area contributed by atoms with E-state index in [1.807, 2.05) is 6.07 Å². The zero-order valence-electron chi connectivity index (χ0n) is 20.9. The summed E-state index contributed by atoms with van der Waals surface area (Å²) in [5, 5.41) is 12.4. The first-order chi connectivity index (χ1) is 17.0. The summed E-state index contributed by atoms with van der Waals surface area (Å²) >= 11 is 0.603. The number of thiazole rings is 1. The molecular formula is C22H27F3N6O4S2. The van der Waals surface area contributed by atoms with Crippen LogP contribution in [0.15, 0.2) is 12.3 Å². The van der Waals surface area contributed by atoms with Crippen molar-refractivity contribution in [2.45, 2.75) is 51.4 Å². The van der Waals surface area contributed by atoms with Crippen LogP contribution < -0.4 is 10.2 Å². The van der Waals surface area contributed by atoms with Gasteiger partial charge in [0, 0.05) is 37.9 Å². The van der Waals surface area contributed by atoms with Crippen LogP contribution in [0.25, 0.3) is 10.4 Å². The number of ether oxygens (including phenoxy) is 1. The molecule has 10 nitrogen and oxygen atoms in total. The maximum atomic E-state index is 14.0. The highest BCUT2D eigenvalue weighted by Gasteiger charge is 2.40. The van der Waals surface area contributed by atoms with Crippen LogP contribution in [0.2, 0.25) is 0 Å². The standard InChI is InChI=1S/C22H27F3N6O4S2/c1-21(2,3)35-20(32)30(4)19-29-18(22(23,24)25)17(36-19)15-10-16(27-12-13(15)11-26)28-14-6-8-31(9-7-14)37(5,33)34/h10,12,14H,6-9H2,1-5H3,(H,27,28). The first kappa shape index (κ1) is 28.6. The number of carbonyl (C=O) groups excluding carboxylic acids is 1. The van der Waals surface area contributed by atoms with Crippen LogP contribution in [0.5, 0.6) is 0 Å². The number of aromatic nitrogens is 2. The molecular weight excluding hydrogens is 533 g/mol. The lowest BCUT2D eigenvalue weighted by atomic mass is 10.1.